The number of H-pyrrole nitrogens is 1. The van der Waals surface area contributed by atoms with Crippen LogP contribution in [0.2, 0.25) is 0 Å². The highest BCUT2D eigenvalue weighted by Crippen LogP contribution is 2.16. The van der Waals surface area contributed by atoms with E-state index in [1.54, 1.807) is 13.8 Å². The number of carbonyl (C=O) groups is 1. The Morgan fingerprint density at radius 2 is 2.12 bits per heavy atom. The summed E-state index contributed by atoms with van der Waals surface area (Å²) in [5.41, 5.74) is 1.36. The van der Waals surface area contributed by atoms with Crippen molar-refractivity contribution in [2.75, 3.05) is 11.9 Å². The first-order valence-corrected chi connectivity index (χ1v) is 4.31. The molecule has 1 aromatic heterocycles. The summed E-state index contributed by atoms with van der Waals surface area (Å²) in [6.45, 7) is 1.76. The number of amides is 1. The molecular weight excluding hydrogens is 227 g/mol. The highest BCUT2D eigenvalue weighted by Gasteiger charge is 2.29. The van der Waals surface area contributed by atoms with Gasteiger partial charge in [-0.3, -0.25) is 10.4 Å². The number of aryl methyl sites for hydroxylation is 1. The zero-order chi connectivity index (χ0) is 12.3. The fourth-order valence-corrected chi connectivity index (χ4v) is 0.887. The second-order valence-electron chi connectivity index (χ2n) is 3.14. The van der Waals surface area contributed by atoms with Crippen LogP contribution < -0.4 is 5.32 Å². The molecule has 1 aromatic rings. The number of hydrogen-bond acceptors (Lipinski definition) is 3. The van der Waals surface area contributed by atoms with Crippen LogP contribution >= 0.6 is 0 Å². The number of nitrogens with one attached hydrogen (secondary N) is 2. The standard InChI is InChI=1S/C8H10F3N3O2/c1-4-5(2)13-14-6(4)12-7(15)16-3-8(9,10)11/h3H2,1-2H3,(H2,12,13,14,15). The van der Waals surface area contributed by atoms with Gasteiger partial charge in [-0.15, -0.1) is 0 Å². The van der Waals surface area contributed by atoms with E-state index in [2.05, 4.69) is 20.3 Å². The van der Waals surface area contributed by atoms with Gasteiger partial charge in [0.15, 0.2) is 12.4 Å². The largest absolute Gasteiger partial charge is 0.440 e. The van der Waals surface area contributed by atoms with Crippen LogP contribution in [-0.4, -0.2) is 29.1 Å². The molecule has 0 radical (unpaired) electrons. The third-order valence-electron chi connectivity index (χ3n) is 1.84. The average Bonchev–Trinajstić information content (AvgIpc) is 2.46. The molecule has 5 nitrogen and oxygen atoms in total. The van der Waals surface area contributed by atoms with Gasteiger partial charge >= 0.3 is 12.3 Å². The van der Waals surface area contributed by atoms with Crippen LogP contribution in [0.4, 0.5) is 23.8 Å². The molecule has 0 aliphatic rings. The third kappa shape index (κ3) is 3.44. The van der Waals surface area contributed by atoms with E-state index in [4.69, 9.17) is 0 Å². The van der Waals surface area contributed by atoms with Gasteiger partial charge < -0.3 is 4.74 Å². The van der Waals surface area contributed by atoms with Gasteiger partial charge in [0.05, 0.1) is 0 Å². The van der Waals surface area contributed by atoms with E-state index >= 15 is 0 Å². The van der Waals surface area contributed by atoms with Crippen LogP contribution in [-0.2, 0) is 4.74 Å². The first-order valence-electron chi connectivity index (χ1n) is 4.31. The van der Waals surface area contributed by atoms with Crippen molar-refractivity contribution in [1.29, 1.82) is 0 Å². The van der Waals surface area contributed by atoms with Gasteiger partial charge in [-0.2, -0.15) is 18.3 Å². The summed E-state index contributed by atoms with van der Waals surface area (Å²) in [6, 6.07) is 0. The summed E-state index contributed by atoms with van der Waals surface area (Å²) in [6.07, 6.45) is -5.72. The van der Waals surface area contributed by atoms with Crippen molar-refractivity contribution in [3.05, 3.63) is 11.3 Å². The number of aromatic nitrogens is 2. The Hall–Kier alpha value is -1.73. The Labute approximate surface area is 89.0 Å². The number of aromatic amines is 1. The van der Waals surface area contributed by atoms with Crippen molar-refractivity contribution in [2.24, 2.45) is 0 Å². The molecule has 0 bridgehead atoms. The number of rotatable bonds is 2. The van der Waals surface area contributed by atoms with Crippen LogP contribution in [0.5, 0.6) is 0 Å². The Morgan fingerprint density at radius 3 is 2.56 bits per heavy atom. The highest BCUT2D eigenvalue weighted by atomic mass is 19.4. The molecular formula is C8H10F3N3O2. The first-order chi connectivity index (χ1) is 7.29. The second-order valence-corrected chi connectivity index (χ2v) is 3.14. The molecule has 0 saturated carbocycles. The molecule has 0 aliphatic carbocycles. The molecule has 2 N–H and O–H groups in total. The van der Waals surface area contributed by atoms with Crippen LogP contribution in [0.3, 0.4) is 0 Å². The van der Waals surface area contributed by atoms with Crippen molar-refractivity contribution in [3.63, 3.8) is 0 Å². The SMILES string of the molecule is Cc1[nH]nc(NC(=O)OCC(F)(F)F)c1C. The van der Waals surface area contributed by atoms with Crippen molar-refractivity contribution >= 4 is 11.9 Å². The number of anilines is 1. The van der Waals surface area contributed by atoms with Crippen molar-refractivity contribution in [3.8, 4) is 0 Å². The summed E-state index contributed by atoms with van der Waals surface area (Å²) in [7, 11) is 0. The molecule has 0 aromatic carbocycles. The lowest BCUT2D eigenvalue weighted by molar-refractivity contribution is -0.159. The van der Waals surface area contributed by atoms with E-state index < -0.39 is 18.9 Å². The molecule has 0 aliphatic heterocycles. The first kappa shape index (κ1) is 12.3. The number of alkyl halides is 3. The Bertz CT molecular complexity index is 386. The van der Waals surface area contributed by atoms with Gasteiger partial charge in [0.1, 0.15) is 0 Å². The summed E-state index contributed by atoms with van der Waals surface area (Å²) in [5, 5.41) is 8.35. The quantitative estimate of drug-likeness (QED) is 0.828. The lowest BCUT2D eigenvalue weighted by Crippen LogP contribution is -2.23. The Kier molecular flexibility index (Phi) is 3.41. The monoisotopic (exact) mass is 237 g/mol. The Morgan fingerprint density at radius 1 is 1.50 bits per heavy atom. The summed E-state index contributed by atoms with van der Waals surface area (Å²) >= 11 is 0. The van der Waals surface area contributed by atoms with Gasteiger partial charge in [-0.1, -0.05) is 0 Å². The normalized spacial score (nSPS) is 11.3. The molecule has 0 saturated heterocycles. The molecule has 0 atom stereocenters. The third-order valence-corrected chi connectivity index (χ3v) is 1.84. The molecule has 0 unspecified atom stereocenters. The van der Waals surface area contributed by atoms with E-state index in [1.165, 1.54) is 0 Å². The zero-order valence-electron chi connectivity index (χ0n) is 8.60. The molecule has 1 amide bonds. The predicted molar refractivity (Wildman–Crippen MR) is 49.1 cm³/mol. The second kappa shape index (κ2) is 4.42. The minimum absolute atomic E-state index is 0.157. The van der Waals surface area contributed by atoms with Crippen LogP contribution in [0.1, 0.15) is 11.3 Å². The van der Waals surface area contributed by atoms with Crippen LogP contribution in [0.25, 0.3) is 0 Å². The molecule has 8 heteroatoms. The van der Waals surface area contributed by atoms with Gasteiger partial charge in [0.2, 0.25) is 0 Å². The zero-order valence-corrected chi connectivity index (χ0v) is 8.60. The van der Waals surface area contributed by atoms with Gasteiger partial charge in [0.25, 0.3) is 0 Å². The van der Waals surface area contributed by atoms with Crippen LogP contribution in [0, 0.1) is 13.8 Å². The highest BCUT2D eigenvalue weighted by molar-refractivity contribution is 5.84. The average molecular weight is 237 g/mol. The fourth-order valence-electron chi connectivity index (χ4n) is 0.887. The number of nitrogens with zero attached hydrogens (tertiary/aromatic N) is 1. The molecule has 1 rings (SSSR count). The van der Waals surface area contributed by atoms with E-state index in [0.717, 1.165) is 0 Å². The predicted octanol–water partition coefficient (Wildman–Crippen LogP) is 2.14. The fraction of sp³-hybridized carbons (Fsp3) is 0.500. The maximum absolute atomic E-state index is 11.7. The van der Waals surface area contributed by atoms with Crippen LogP contribution in [0.15, 0.2) is 0 Å². The molecule has 0 spiro atoms. The van der Waals surface area contributed by atoms with Crippen molar-refractivity contribution < 1.29 is 22.7 Å². The Balaban J connectivity index is 2.49. The van der Waals surface area contributed by atoms with E-state index in [-0.39, 0.29) is 5.82 Å². The van der Waals surface area contributed by atoms with E-state index in [1.807, 2.05) is 0 Å². The lowest BCUT2D eigenvalue weighted by atomic mass is 10.3. The van der Waals surface area contributed by atoms with Crippen molar-refractivity contribution in [1.82, 2.24) is 10.2 Å². The maximum atomic E-state index is 11.7. The minimum atomic E-state index is -4.53. The van der Waals surface area contributed by atoms with E-state index in [9.17, 15) is 18.0 Å². The summed E-state index contributed by atoms with van der Waals surface area (Å²) in [4.78, 5) is 10.9. The van der Waals surface area contributed by atoms with E-state index in [0.29, 0.717) is 11.3 Å². The van der Waals surface area contributed by atoms with Gasteiger partial charge in [-0.25, -0.2) is 4.79 Å². The number of halogens is 3. The summed E-state index contributed by atoms with van der Waals surface area (Å²) < 4.78 is 39.1. The number of ether oxygens (including phenoxy) is 1. The molecule has 90 valence electrons. The number of hydrogen-bond donors (Lipinski definition) is 2. The van der Waals surface area contributed by atoms with Gasteiger partial charge in [0, 0.05) is 11.3 Å². The van der Waals surface area contributed by atoms with Gasteiger partial charge in [-0.05, 0) is 13.8 Å². The lowest BCUT2D eigenvalue weighted by Gasteiger charge is -2.07. The topological polar surface area (TPSA) is 67.0 Å². The molecule has 0 fully saturated rings. The molecule has 1 heterocycles. The molecule has 16 heavy (non-hydrogen) atoms. The maximum Gasteiger partial charge on any atom is 0.422 e. The number of carbonyl (C=O) groups excluding carboxylic acids is 1. The van der Waals surface area contributed by atoms with Crippen molar-refractivity contribution in [2.45, 2.75) is 20.0 Å². The smallest absolute Gasteiger partial charge is 0.422 e. The minimum Gasteiger partial charge on any atom is -0.440 e. The summed E-state index contributed by atoms with van der Waals surface area (Å²) in [5.74, 6) is 0.157.